The summed E-state index contributed by atoms with van der Waals surface area (Å²) in [5.41, 5.74) is 10.1. The first-order chi connectivity index (χ1) is 27.8. The molecule has 0 unspecified atom stereocenters. The average Bonchev–Trinajstić information content (AvgIpc) is 4.05. The summed E-state index contributed by atoms with van der Waals surface area (Å²) in [5.74, 6) is 1.31. The lowest BCUT2D eigenvalue weighted by atomic mass is 10.0. The molecule has 0 fully saturated rings. The first-order valence-corrected chi connectivity index (χ1v) is 19.0. The van der Waals surface area contributed by atoms with Gasteiger partial charge in [-0.05, 0) is 47.9 Å². The number of aromatic nitrogens is 5. The molecule has 0 radical (unpaired) electrons. The molecular weight excluding hydrogens is 687 g/mol. The Labute approximate surface area is 317 Å². The lowest BCUT2D eigenvalue weighted by Gasteiger charge is -2.12. The first kappa shape index (κ1) is 28.8. The van der Waals surface area contributed by atoms with Crippen LogP contribution in [0.4, 0.5) is 0 Å². The molecule has 0 aliphatic heterocycles. The van der Waals surface area contributed by atoms with E-state index in [0.29, 0.717) is 17.3 Å². The highest BCUT2D eigenvalue weighted by molar-refractivity contribution is 6.35. The lowest BCUT2D eigenvalue weighted by molar-refractivity contribution is 0.661. The van der Waals surface area contributed by atoms with E-state index in [0.717, 1.165) is 54.7 Å². The second-order valence-corrected chi connectivity index (χ2v) is 14.9. The highest BCUT2D eigenvalue weighted by Crippen LogP contribution is 2.48. The second kappa shape index (κ2) is 10.1. The Morgan fingerprint density at radius 1 is 0.393 bits per heavy atom. The molecule has 0 spiro atoms. The Morgan fingerprint density at radius 3 is 1.71 bits per heavy atom. The molecule has 14 rings (SSSR count). The molecule has 0 atom stereocenters. The minimum Gasteiger partial charge on any atom is -0.450 e. The van der Waals surface area contributed by atoms with Crippen LogP contribution in [0.2, 0.25) is 0 Å². The summed E-state index contributed by atoms with van der Waals surface area (Å²) in [6, 6.07) is 58.5. The minimum absolute atomic E-state index is 0.597. The lowest BCUT2D eigenvalue weighted by Crippen LogP contribution is -2.06. The normalized spacial score (nSPS) is 12.6. The van der Waals surface area contributed by atoms with Gasteiger partial charge >= 0.3 is 0 Å². The second-order valence-electron chi connectivity index (χ2n) is 14.9. The molecule has 0 saturated heterocycles. The van der Waals surface area contributed by atoms with E-state index in [1.54, 1.807) is 0 Å². The van der Waals surface area contributed by atoms with Crippen molar-refractivity contribution in [3.8, 4) is 11.8 Å². The molecule has 0 bridgehead atoms. The summed E-state index contributed by atoms with van der Waals surface area (Å²) in [6.45, 7) is 0. The fraction of sp³-hybridized carbons (Fsp3) is 0. The number of rotatable bonds is 2. The quantitative estimate of drug-likeness (QED) is 0.179. The van der Waals surface area contributed by atoms with Gasteiger partial charge in [-0.1, -0.05) is 121 Å². The van der Waals surface area contributed by atoms with E-state index in [-0.39, 0.29) is 0 Å². The maximum atomic E-state index is 6.72. The Morgan fingerprint density at radius 2 is 0.964 bits per heavy atom. The molecule has 258 valence electrons. The number of hydrogen-bond acceptors (Lipinski definition) is 3. The fourth-order valence-electron chi connectivity index (χ4n) is 9.93. The fourth-order valence-corrected chi connectivity index (χ4v) is 9.93. The van der Waals surface area contributed by atoms with Crippen molar-refractivity contribution in [2.45, 2.75) is 0 Å². The van der Waals surface area contributed by atoms with Crippen LogP contribution in [0.5, 0.6) is 0 Å². The maximum Gasteiger partial charge on any atom is 0.237 e. The van der Waals surface area contributed by atoms with E-state index in [4.69, 9.17) is 14.4 Å². The van der Waals surface area contributed by atoms with Gasteiger partial charge in [0.1, 0.15) is 11.1 Å². The Bertz CT molecular complexity index is 3960. The zero-order chi connectivity index (χ0) is 36.2. The van der Waals surface area contributed by atoms with Crippen LogP contribution < -0.4 is 0 Å². The summed E-state index contributed by atoms with van der Waals surface area (Å²) in [7, 11) is 0. The predicted octanol–water partition coefficient (Wildman–Crippen LogP) is 12.9. The van der Waals surface area contributed by atoms with Crippen molar-refractivity contribution in [3.63, 3.8) is 0 Å². The summed E-state index contributed by atoms with van der Waals surface area (Å²) in [4.78, 5) is 11.1. The molecular formula is C50H27N5O. The van der Waals surface area contributed by atoms with E-state index >= 15 is 0 Å². The average molecular weight is 714 g/mol. The summed E-state index contributed by atoms with van der Waals surface area (Å²) < 4.78 is 13.8. The third-order valence-electron chi connectivity index (χ3n) is 12.2. The molecule has 6 heteroatoms. The van der Waals surface area contributed by atoms with Crippen LogP contribution in [-0.4, -0.2) is 23.5 Å². The first-order valence-electron chi connectivity index (χ1n) is 19.0. The number of furan rings is 1. The van der Waals surface area contributed by atoms with Crippen LogP contribution in [0, 0.1) is 0 Å². The van der Waals surface area contributed by atoms with Gasteiger partial charge in [-0.25, -0.2) is 4.98 Å². The Kier molecular flexibility index (Phi) is 5.18. The highest BCUT2D eigenvalue weighted by atomic mass is 16.3. The van der Waals surface area contributed by atoms with E-state index in [1.807, 2.05) is 12.1 Å². The van der Waals surface area contributed by atoms with E-state index in [1.165, 1.54) is 54.3 Å². The molecule has 6 aromatic heterocycles. The molecule has 0 amide bonds. The molecule has 6 nitrogen and oxygen atoms in total. The van der Waals surface area contributed by atoms with Gasteiger partial charge in [-0.3, -0.25) is 9.13 Å². The smallest absolute Gasteiger partial charge is 0.237 e. The maximum absolute atomic E-state index is 6.72. The zero-order valence-corrected chi connectivity index (χ0v) is 29.7. The molecule has 56 heavy (non-hydrogen) atoms. The number of para-hydroxylation sites is 5. The third kappa shape index (κ3) is 3.39. The Hall–Kier alpha value is -7.70. The van der Waals surface area contributed by atoms with Gasteiger partial charge in [0.2, 0.25) is 5.95 Å². The van der Waals surface area contributed by atoms with Crippen molar-refractivity contribution in [1.82, 2.24) is 23.5 Å². The van der Waals surface area contributed by atoms with Gasteiger partial charge in [0.15, 0.2) is 11.4 Å². The largest absolute Gasteiger partial charge is 0.450 e. The predicted molar refractivity (Wildman–Crippen MR) is 230 cm³/mol. The van der Waals surface area contributed by atoms with Crippen molar-refractivity contribution in [2.75, 3.05) is 0 Å². The van der Waals surface area contributed by atoms with Crippen molar-refractivity contribution < 1.29 is 4.42 Å². The number of hydrogen-bond donors (Lipinski definition) is 0. The topological polar surface area (TPSA) is 53.2 Å². The van der Waals surface area contributed by atoms with Crippen LogP contribution in [-0.2, 0) is 0 Å². The molecule has 6 heterocycles. The van der Waals surface area contributed by atoms with Gasteiger partial charge in [0, 0.05) is 53.9 Å². The van der Waals surface area contributed by atoms with Gasteiger partial charge in [0.25, 0.3) is 0 Å². The molecule has 0 saturated carbocycles. The summed E-state index contributed by atoms with van der Waals surface area (Å²) >= 11 is 0. The monoisotopic (exact) mass is 713 g/mol. The number of benzene rings is 8. The highest BCUT2D eigenvalue weighted by Gasteiger charge is 2.28. The molecule has 0 aliphatic rings. The molecule has 14 aromatic rings. The van der Waals surface area contributed by atoms with E-state index in [9.17, 15) is 0 Å². The summed E-state index contributed by atoms with van der Waals surface area (Å²) in [6.07, 6.45) is 0. The standard InChI is InChI=1S/C50H27N5O/c1-2-14-29-28(13-1)25-26-33-37-27-36-32-17-5-10-22-40(32)55(47(36)43-34-18-6-11-23-41(34)54(45(29)33)46(37)43)50-51-44-35-19-7-12-24-42(35)56-48(44)49(52-50)53-38-20-8-3-15-30(38)31-16-4-9-21-39(31)53/h1-27H. The van der Waals surface area contributed by atoms with Gasteiger partial charge in [-0.2, -0.15) is 4.98 Å². The molecule has 0 aliphatic carbocycles. The minimum atomic E-state index is 0.597. The van der Waals surface area contributed by atoms with Crippen LogP contribution >= 0.6 is 0 Å². The SMILES string of the molecule is c1ccc2c(c1)ccc1c3cc4c5ccccc5n(-c5nc(-n6c7ccccc7c7ccccc76)c6oc7ccccc7c6n5)c4c4c5ccccc5n(c21)c34. The van der Waals surface area contributed by atoms with Crippen molar-refractivity contribution in [2.24, 2.45) is 0 Å². The van der Waals surface area contributed by atoms with Crippen molar-refractivity contribution in [3.05, 3.63) is 164 Å². The van der Waals surface area contributed by atoms with Crippen LogP contribution in [0.3, 0.4) is 0 Å². The van der Waals surface area contributed by atoms with Crippen LogP contribution in [0.25, 0.3) is 126 Å². The number of fused-ring (bicyclic) bond motifs is 18. The number of nitrogens with zero attached hydrogens (tertiary/aromatic N) is 5. The molecule has 8 aromatic carbocycles. The Balaban J connectivity index is 1.22. The summed E-state index contributed by atoms with van der Waals surface area (Å²) in [5, 5.41) is 13.0. The molecule has 0 N–H and O–H groups in total. The van der Waals surface area contributed by atoms with Gasteiger partial charge in [-0.15, -0.1) is 0 Å². The van der Waals surface area contributed by atoms with Gasteiger partial charge in [0.05, 0.1) is 38.6 Å². The van der Waals surface area contributed by atoms with E-state index < -0.39 is 0 Å². The third-order valence-corrected chi connectivity index (χ3v) is 12.2. The van der Waals surface area contributed by atoms with Gasteiger partial charge < -0.3 is 8.82 Å². The van der Waals surface area contributed by atoms with Crippen LogP contribution in [0.1, 0.15) is 0 Å². The van der Waals surface area contributed by atoms with Crippen molar-refractivity contribution >= 4 is 115 Å². The van der Waals surface area contributed by atoms with Crippen LogP contribution in [0.15, 0.2) is 168 Å². The van der Waals surface area contributed by atoms with E-state index in [2.05, 4.69) is 165 Å². The zero-order valence-electron chi connectivity index (χ0n) is 29.7. The van der Waals surface area contributed by atoms with Crippen molar-refractivity contribution in [1.29, 1.82) is 0 Å².